The maximum absolute atomic E-state index is 12.1. The van der Waals surface area contributed by atoms with Gasteiger partial charge in [0.25, 0.3) is 5.91 Å². The standard InChI is InChI=1S/C27H45N5O.BrH/c1-21(2)20-32-17-9-8-12-25(32)19-29-27(30-24-10-6-5-7-11-24)28-18-22-13-15-23(16-14-22)26(33)31(3)4;/h13-16,21,24-25H,5-12,17-20H2,1-4H3,(H2,28,29,30);1H. The third-order valence-electron chi connectivity index (χ3n) is 6.83. The second-order valence-corrected chi connectivity index (χ2v) is 10.5. The van der Waals surface area contributed by atoms with Gasteiger partial charge in [-0.1, -0.05) is 51.7 Å². The Morgan fingerprint density at radius 1 is 1.06 bits per heavy atom. The van der Waals surface area contributed by atoms with Crippen LogP contribution in [-0.4, -0.2) is 67.5 Å². The first-order chi connectivity index (χ1) is 15.9. The quantitative estimate of drug-likeness (QED) is 0.369. The molecule has 7 heteroatoms. The lowest BCUT2D eigenvalue weighted by atomic mass is 9.96. The van der Waals surface area contributed by atoms with E-state index in [0.717, 1.165) is 18.1 Å². The van der Waals surface area contributed by atoms with E-state index < -0.39 is 0 Å². The minimum absolute atomic E-state index is 0. The van der Waals surface area contributed by atoms with E-state index in [9.17, 15) is 4.79 Å². The van der Waals surface area contributed by atoms with E-state index in [1.165, 1.54) is 64.5 Å². The van der Waals surface area contributed by atoms with Crippen LogP contribution in [0, 0.1) is 5.92 Å². The van der Waals surface area contributed by atoms with Gasteiger partial charge < -0.3 is 15.5 Å². The van der Waals surface area contributed by atoms with Crippen LogP contribution in [0.3, 0.4) is 0 Å². The molecule has 2 aliphatic rings. The molecule has 1 aliphatic carbocycles. The van der Waals surface area contributed by atoms with Crippen molar-refractivity contribution in [3.8, 4) is 0 Å². The number of halogens is 1. The molecule has 1 amide bonds. The molecule has 0 aromatic heterocycles. The number of carbonyl (C=O) groups excluding carboxylic acids is 1. The molecule has 192 valence electrons. The van der Waals surface area contributed by atoms with Gasteiger partial charge in [0.2, 0.25) is 0 Å². The summed E-state index contributed by atoms with van der Waals surface area (Å²) in [6.07, 6.45) is 10.3. The molecule has 1 aromatic rings. The van der Waals surface area contributed by atoms with E-state index in [1.807, 2.05) is 24.3 Å². The van der Waals surface area contributed by atoms with Gasteiger partial charge in [0, 0.05) is 44.8 Å². The molecule has 1 saturated heterocycles. The molecule has 0 spiro atoms. The molecule has 0 radical (unpaired) electrons. The molecule has 2 N–H and O–H groups in total. The number of guanidine groups is 1. The summed E-state index contributed by atoms with van der Waals surface area (Å²) in [5.41, 5.74) is 1.84. The molecule has 1 atom stereocenters. The van der Waals surface area contributed by atoms with Gasteiger partial charge in [-0.2, -0.15) is 0 Å². The number of aliphatic imine (C=N–C) groups is 1. The normalized spacial score (nSPS) is 20.0. The third-order valence-corrected chi connectivity index (χ3v) is 6.83. The molecule has 1 aliphatic heterocycles. The molecule has 2 fully saturated rings. The average Bonchev–Trinajstić information content (AvgIpc) is 2.81. The summed E-state index contributed by atoms with van der Waals surface area (Å²) in [6, 6.07) is 8.94. The van der Waals surface area contributed by atoms with Gasteiger partial charge >= 0.3 is 0 Å². The molecule has 34 heavy (non-hydrogen) atoms. The van der Waals surface area contributed by atoms with Crippen LogP contribution in [0.1, 0.15) is 81.1 Å². The fourth-order valence-electron chi connectivity index (χ4n) is 4.99. The van der Waals surface area contributed by atoms with Crippen LogP contribution in [-0.2, 0) is 6.54 Å². The van der Waals surface area contributed by atoms with Gasteiger partial charge in [-0.15, -0.1) is 17.0 Å². The Morgan fingerprint density at radius 3 is 2.38 bits per heavy atom. The molecule has 3 rings (SSSR count). The summed E-state index contributed by atoms with van der Waals surface area (Å²) in [4.78, 5) is 21.4. The highest BCUT2D eigenvalue weighted by molar-refractivity contribution is 8.93. The smallest absolute Gasteiger partial charge is 0.253 e. The van der Waals surface area contributed by atoms with E-state index in [1.54, 1.807) is 19.0 Å². The van der Waals surface area contributed by atoms with Crippen LogP contribution in [0.25, 0.3) is 0 Å². The Morgan fingerprint density at radius 2 is 1.74 bits per heavy atom. The van der Waals surface area contributed by atoms with Crippen LogP contribution >= 0.6 is 17.0 Å². The Hall–Kier alpha value is -1.60. The van der Waals surface area contributed by atoms with Crippen molar-refractivity contribution in [2.75, 3.05) is 33.7 Å². The molecular weight excluding hydrogens is 490 g/mol. The number of likely N-dealkylation sites (tertiary alicyclic amines) is 1. The number of hydrogen-bond acceptors (Lipinski definition) is 3. The van der Waals surface area contributed by atoms with E-state index >= 15 is 0 Å². The lowest BCUT2D eigenvalue weighted by molar-refractivity contribution is 0.0827. The van der Waals surface area contributed by atoms with Crippen LogP contribution in [0.15, 0.2) is 29.3 Å². The summed E-state index contributed by atoms with van der Waals surface area (Å²) in [6.45, 7) is 8.57. The predicted octanol–water partition coefficient (Wildman–Crippen LogP) is 4.84. The lowest BCUT2D eigenvalue weighted by Crippen LogP contribution is -2.51. The molecule has 6 nitrogen and oxygen atoms in total. The SMILES string of the molecule is Br.CC(C)CN1CCCCC1CNC(=NCc1ccc(C(=O)N(C)C)cc1)NC1CCCCC1. The van der Waals surface area contributed by atoms with Gasteiger partial charge in [0.1, 0.15) is 0 Å². The average molecular weight is 537 g/mol. The topological polar surface area (TPSA) is 60.0 Å². The number of carbonyl (C=O) groups is 1. The van der Waals surface area contributed by atoms with E-state index in [2.05, 4.69) is 29.4 Å². The Kier molecular flexibility index (Phi) is 12.4. The zero-order valence-electron chi connectivity index (χ0n) is 21.7. The fraction of sp³-hybridized carbons (Fsp3) is 0.704. The van der Waals surface area contributed by atoms with E-state index in [4.69, 9.17) is 4.99 Å². The molecule has 0 bridgehead atoms. The first-order valence-electron chi connectivity index (χ1n) is 13.0. The number of nitrogens with one attached hydrogen (secondary N) is 2. The zero-order chi connectivity index (χ0) is 23.6. The van der Waals surface area contributed by atoms with Crippen molar-refractivity contribution in [3.63, 3.8) is 0 Å². The maximum atomic E-state index is 12.1. The minimum atomic E-state index is 0. The maximum Gasteiger partial charge on any atom is 0.253 e. The lowest BCUT2D eigenvalue weighted by Gasteiger charge is -2.37. The number of piperidine rings is 1. The van der Waals surface area contributed by atoms with Gasteiger partial charge in [0.15, 0.2) is 5.96 Å². The minimum Gasteiger partial charge on any atom is -0.355 e. The van der Waals surface area contributed by atoms with Crippen molar-refractivity contribution >= 4 is 28.8 Å². The number of benzene rings is 1. The van der Waals surface area contributed by atoms with E-state index in [-0.39, 0.29) is 22.9 Å². The van der Waals surface area contributed by atoms with Gasteiger partial charge in [0.05, 0.1) is 6.54 Å². The van der Waals surface area contributed by atoms with Crippen molar-refractivity contribution in [1.82, 2.24) is 20.4 Å². The highest BCUT2D eigenvalue weighted by atomic mass is 79.9. The molecule has 1 aromatic carbocycles. The van der Waals surface area contributed by atoms with Gasteiger partial charge in [-0.3, -0.25) is 9.69 Å². The summed E-state index contributed by atoms with van der Waals surface area (Å²) in [7, 11) is 3.56. The number of rotatable bonds is 8. The first kappa shape index (κ1) is 28.6. The summed E-state index contributed by atoms with van der Waals surface area (Å²) in [5, 5.41) is 7.42. The zero-order valence-corrected chi connectivity index (χ0v) is 23.4. The fourth-order valence-corrected chi connectivity index (χ4v) is 4.99. The van der Waals surface area contributed by atoms with Crippen LogP contribution < -0.4 is 10.6 Å². The monoisotopic (exact) mass is 535 g/mol. The Bertz CT molecular complexity index is 759. The summed E-state index contributed by atoms with van der Waals surface area (Å²) >= 11 is 0. The Labute approximate surface area is 217 Å². The second kappa shape index (κ2) is 14.7. The number of nitrogens with zero attached hydrogens (tertiary/aromatic N) is 3. The summed E-state index contributed by atoms with van der Waals surface area (Å²) in [5.74, 6) is 1.66. The van der Waals surface area contributed by atoms with Gasteiger partial charge in [-0.25, -0.2) is 4.99 Å². The van der Waals surface area contributed by atoms with Crippen LogP contribution in [0.5, 0.6) is 0 Å². The van der Waals surface area contributed by atoms with Crippen molar-refractivity contribution in [2.24, 2.45) is 10.9 Å². The second-order valence-electron chi connectivity index (χ2n) is 10.5. The third kappa shape index (κ3) is 9.21. The van der Waals surface area contributed by atoms with E-state index in [0.29, 0.717) is 30.1 Å². The largest absolute Gasteiger partial charge is 0.355 e. The van der Waals surface area contributed by atoms with Crippen molar-refractivity contribution in [1.29, 1.82) is 0 Å². The van der Waals surface area contributed by atoms with Crippen molar-refractivity contribution in [2.45, 2.75) is 83.8 Å². The number of amides is 1. The molecule has 1 heterocycles. The van der Waals surface area contributed by atoms with Crippen molar-refractivity contribution in [3.05, 3.63) is 35.4 Å². The molecular formula is C27H46BrN5O. The van der Waals surface area contributed by atoms with Crippen LogP contribution in [0.2, 0.25) is 0 Å². The van der Waals surface area contributed by atoms with Crippen molar-refractivity contribution < 1.29 is 4.79 Å². The highest BCUT2D eigenvalue weighted by Gasteiger charge is 2.23. The molecule has 1 unspecified atom stereocenters. The number of hydrogen-bond donors (Lipinski definition) is 2. The first-order valence-corrected chi connectivity index (χ1v) is 13.0. The predicted molar refractivity (Wildman–Crippen MR) is 148 cm³/mol. The summed E-state index contributed by atoms with van der Waals surface area (Å²) < 4.78 is 0. The highest BCUT2D eigenvalue weighted by Crippen LogP contribution is 2.19. The Balaban J connectivity index is 0.00000408. The molecule has 1 saturated carbocycles. The van der Waals surface area contributed by atoms with Gasteiger partial charge in [-0.05, 0) is 55.8 Å². The van der Waals surface area contributed by atoms with Crippen LogP contribution in [0.4, 0.5) is 0 Å².